The Morgan fingerprint density at radius 1 is 1.19 bits per heavy atom. The van der Waals surface area contributed by atoms with E-state index in [0.29, 0.717) is 12.0 Å². The summed E-state index contributed by atoms with van der Waals surface area (Å²) in [5, 5.41) is 4.96. The second kappa shape index (κ2) is 6.65. The van der Waals surface area contributed by atoms with E-state index in [2.05, 4.69) is 43.4 Å². The highest BCUT2D eigenvalue weighted by atomic mass is 16.3. The molecule has 1 aromatic carbocycles. The predicted molar refractivity (Wildman–Crippen MR) is 88.4 cm³/mol. The maximum atomic E-state index is 6.14. The quantitative estimate of drug-likeness (QED) is 0.806. The molecule has 21 heavy (non-hydrogen) atoms. The third kappa shape index (κ3) is 3.32. The molecule has 0 spiro atoms. The van der Waals surface area contributed by atoms with Gasteiger partial charge in [0.25, 0.3) is 0 Å². The first kappa shape index (κ1) is 14.6. The molecule has 1 aromatic heterocycles. The Balaban J connectivity index is 1.83. The van der Waals surface area contributed by atoms with E-state index in [1.165, 1.54) is 37.5 Å². The van der Waals surface area contributed by atoms with Crippen molar-refractivity contribution in [2.45, 2.75) is 52.0 Å². The molecule has 1 aliphatic rings. The van der Waals surface area contributed by atoms with Crippen molar-refractivity contribution in [2.24, 2.45) is 11.8 Å². The lowest BCUT2D eigenvalue weighted by Gasteiger charge is -2.32. The van der Waals surface area contributed by atoms with Crippen molar-refractivity contribution < 1.29 is 4.42 Å². The van der Waals surface area contributed by atoms with E-state index in [1.807, 2.05) is 6.07 Å². The number of furan rings is 1. The number of nitrogens with one attached hydrogen (secondary N) is 1. The van der Waals surface area contributed by atoms with Crippen LogP contribution in [0.1, 0.15) is 57.8 Å². The van der Waals surface area contributed by atoms with Crippen molar-refractivity contribution in [2.75, 3.05) is 6.54 Å². The molecule has 0 radical (unpaired) electrons. The molecule has 1 saturated carbocycles. The smallest absolute Gasteiger partial charge is 0.134 e. The molecular weight excluding hydrogens is 258 g/mol. The van der Waals surface area contributed by atoms with Gasteiger partial charge in [0.2, 0.25) is 0 Å². The van der Waals surface area contributed by atoms with Crippen LogP contribution < -0.4 is 5.32 Å². The third-order valence-corrected chi connectivity index (χ3v) is 4.90. The molecule has 0 amide bonds. The Labute approximate surface area is 127 Å². The lowest BCUT2D eigenvalue weighted by Crippen LogP contribution is -2.31. The maximum absolute atomic E-state index is 6.14. The summed E-state index contributed by atoms with van der Waals surface area (Å²) in [5.41, 5.74) is 1.01. The zero-order valence-electron chi connectivity index (χ0n) is 13.3. The molecule has 2 nitrogen and oxygen atoms in total. The average molecular weight is 285 g/mol. The zero-order valence-corrected chi connectivity index (χ0v) is 13.3. The van der Waals surface area contributed by atoms with Gasteiger partial charge in [0.1, 0.15) is 11.3 Å². The van der Waals surface area contributed by atoms with Crippen molar-refractivity contribution in [1.29, 1.82) is 0 Å². The molecule has 2 heteroatoms. The molecule has 1 aliphatic carbocycles. The number of fused-ring (bicyclic) bond motifs is 1. The molecule has 1 fully saturated rings. The molecule has 114 valence electrons. The van der Waals surface area contributed by atoms with Crippen LogP contribution in [0.25, 0.3) is 11.0 Å². The summed E-state index contributed by atoms with van der Waals surface area (Å²) < 4.78 is 6.14. The topological polar surface area (TPSA) is 25.2 Å². The number of hydrogen-bond donors (Lipinski definition) is 1. The van der Waals surface area contributed by atoms with E-state index in [9.17, 15) is 0 Å². The van der Waals surface area contributed by atoms with Gasteiger partial charge in [0.15, 0.2) is 0 Å². The first-order valence-corrected chi connectivity index (χ1v) is 8.49. The molecule has 1 N–H and O–H groups in total. The van der Waals surface area contributed by atoms with E-state index in [1.54, 1.807) is 0 Å². The van der Waals surface area contributed by atoms with Gasteiger partial charge in [-0.1, -0.05) is 44.9 Å². The Kier molecular flexibility index (Phi) is 4.64. The Morgan fingerprint density at radius 2 is 1.95 bits per heavy atom. The van der Waals surface area contributed by atoms with Gasteiger partial charge in [-0.15, -0.1) is 0 Å². The molecule has 0 saturated heterocycles. The highest BCUT2D eigenvalue weighted by Gasteiger charge is 2.29. The van der Waals surface area contributed by atoms with Gasteiger partial charge in [0, 0.05) is 5.39 Å². The fourth-order valence-corrected chi connectivity index (χ4v) is 3.57. The second-order valence-electron chi connectivity index (χ2n) is 6.64. The lowest BCUT2D eigenvalue weighted by molar-refractivity contribution is 0.215. The summed E-state index contributed by atoms with van der Waals surface area (Å²) in [6, 6.07) is 11.0. The molecule has 3 rings (SSSR count). The first-order valence-electron chi connectivity index (χ1n) is 8.49. The van der Waals surface area contributed by atoms with Gasteiger partial charge < -0.3 is 9.73 Å². The minimum absolute atomic E-state index is 0.379. The molecular formula is C19H27NO. The van der Waals surface area contributed by atoms with E-state index >= 15 is 0 Å². The zero-order chi connectivity index (χ0) is 14.7. The molecule has 1 heterocycles. The Morgan fingerprint density at radius 3 is 2.67 bits per heavy atom. The average Bonchev–Trinajstić information content (AvgIpc) is 2.93. The second-order valence-corrected chi connectivity index (χ2v) is 6.64. The molecule has 2 aromatic rings. The van der Waals surface area contributed by atoms with E-state index in [0.717, 1.165) is 23.8 Å². The number of para-hydroxylation sites is 1. The van der Waals surface area contributed by atoms with Crippen molar-refractivity contribution in [3.05, 3.63) is 36.1 Å². The van der Waals surface area contributed by atoms with Crippen LogP contribution in [0.3, 0.4) is 0 Å². The Bertz CT molecular complexity index is 533. The van der Waals surface area contributed by atoms with Crippen LogP contribution in [0, 0.1) is 11.8 Å². The standard InChI is InChI=1S/C19H27NO/c1-3-12-20-19(15-10-8-14(2)9-11-15)18-13-16-6-4-5-7-17(16)21-18/h4-7,13-15,19-20H,3,8-12H2,1-2H3. The van der Waals surface area contributed by atoms with E-state index in [-0.39, 0.29) is 0 Å². The molecule has 0 aliphatic heterocycles. The monoisotopic (exact) mass is 285 g/mol. The SMILES string of the molecule is CCCNC(c1cc2ccccc2o1)C1CCC(C)CC1. The number of benzene rings is 1. The normalized spacial score (nSPS) is 24.3. The fraction of sp³-hybridized carbons (Fsp3) is 0.579. The summed E-state index contributed by atoms with van der Waals surface area (Å²) in [5.74, 6) is 2.74. The van der Waals surface area contributed by atoms with E-state index in [4.69, 9.17) is 4.42 Å². The first-order chi connectivity index (χ1) is 10.3. The highest BCUT2D eigenvalue weighted by molar-refractivity contribution is 5.77. The van der Waals surface area contributed by atoms with Gasteiger partial charge in [-0.2, -0.15) is 0 Å². The van der Waals surface area contributed by atoms with E-state index < -0.39 is 0 Å². The molecule has 1 atom stereocenters. The van der Waals surface area contributed by atoms with Gasteiger partial charge in [-0.3, -0.25) is 0 Å². The molecule has 1 unspecified atom stereocenters. The van der Waals surface area contributed by atoms with Crippen molar-refractivity contribution in [3.8, 4) is 0 Å². The fourth-order valence-electron chi connectivity index (χ4n) is 3.57. The summed E-state index contributed by atoms with van der Waals surface area (Å²) in [7, 11) is 0. The van der Waals surface area contributed by atoms with Crippen LogP contribution in [-0.4, -0.2) is 6.54 Å². The summed E-state index contributed by atoms with van der Waals surface area (Å²) in [6.45, 7) is 5.67. The van der Waals surface area contributed by atoms with Crippen molar-refractivity contribution in [3.63, 3.8) is 0 Å². The summed E-state index contributed by atoms with van der Waals surface area (Å²) in [6.07, 6.45) is 6.52. The minimum Gasteiger partial charge on any atom is -0.459 e. The van der Waals surface area contributed by atoms with Crippen molar-refractivity contribution in [1.82, 2.24) is 5.32 Å². The van der Waals surface area contributed by atoms with Crippen LogP contribution in [0.15, 0.2) is 34.7 Å². The summed E-state index contributed by atoms with van der Waals surface area (Å²) >= 11 is 0. The minimum atomic E-state index is 0.379. The number of rotatable bonds is 5. The van der Waals surface area contributed by atoms with Gasteiger partial charge in [0.05, 0.1) is 6.04 Å². The predicted octanol–water partition coefficient (Wildman–Crippen LogP) is 5.30. The van der Waals surface area contributed by atoms with Crippen LogP contribution in [0.2, 0.25) is 0 Å². The van der Waals surface area contributed by atoms with Gasteiger partial charge >= 0.3 is 0 Å². The van der Waals surface area contributed by atoms with Gasteiger partial charge in [-0.25, -0.2) is 0 Å². The number of hydrogen-bond acceptors (Lipinski definition) is 2. The summed E-state index contributed by atoms with van der Waals surface area (Å²) in [4.78, 5) is 0. The highest BCUT2D eigenvalue weighted by Crippen LogP contribution is 2.38. The van der Waals surface area contributed by atoms with Crippen LogP contribution in [0.4, 0.5) is 0 Å². The van der Waals surface area contributed by atoms with Crippen molar-refractivity contribution >= 4 is 11.0 Å². The molecule has 0 bridgehead atoms. The maximum Gasteiger partial charge on any atom is 0.134 e. The lowest BCUT2D eigenvalue weighted by atomic mass is 9.78. The third-order valence-electron chi connectivity index (χ3n) is 4.90. The van der Waals surface area contributed by atoms with Crippen LogP contribution in [0.5, 0.6) is 0 Å². The van der Waals surface area contributed by atoms with Crippen LogP contribution in [-0.2, 0) is 0 Å². The van der Waals surface area contributed by atoms with Crippen LogP contribution >= 0.6 is 0 Å². The largest absolute Gasteiger partial charge is 0.459 e. The Hall–Kier alpha value is -1.28. The van der Waals surface area contributed by atoms with Gasteiger partial charge in [-0.05, 0) is 49.8 Å².